The molecular weight excluding hydrogens is 282 g/mol. The van der Waals surface area contributed by atoms with Crippen LogP contribution in [-0.2, 0) is 6.42 Å². The van der Waals surface area contributed by atoms with Crippen LogP contribution in [0, 0.1) is 0 Å². The second kappa shape index (κ2) is 6.01. The molecule has 0 saturated heterocycles. The number of fused-ring (bicyclic) bond motifs is 1. The van der Waals surface area contributed by atoms with Crippen LogP contribution < -0.4 is 9.47 Å². The molecule has 2 heterocycles. The van der Waals surface area contributed by atoms with Gasteiger partial charge in [-0.3, -0.25) is 14.4 Å². The van der Waals surface area contributed by atoms with Crippen molar-refractivity contribution >= 4 is 11.6 Å². The average Bonchev–Trinajstić information content (AvgIpc) is 3.08. The molecular formula is C16H17N3O3. The Labute approximate surface area is 128 Å². The minimum atomic E-state index is -0.0566. The van der Waals surface area contributed by atoms with Crippen molar-refractivity contribution in [2.75, 3.05) is 20.8 Å². The Kier molecular flexibility index (Phi) is 3.91. The molecule has 6 heteroatoms. The van der Waals surface area contributed by atoms with Gasteiger partial charge in [0.2, 0.25) is 5.91 Å². The Morgan fingerprint density at radius 1 is 1.27 bits per heavy atom. The molecule has 0 N–H and O–H groups in total. The summed E-state index contributed by atoms with van der Waals surface area (Å²) in [6, 6.07) is 3.86. The number of imidazole rings is 1. The lowest BCUT2D eigenvalue weighted by molar-refractivity contribution is 0.0922. The minimum Gasteiger partial charge on any atom is -0.493 e. The molecule has 1 aromatic carbocycles. The monoisotopic (exact) mass is 299 g/mol. The third-order valence-corrected chi connectivity index (χ3v) is 3.72. The second-order valence-corrected chi connectivity index (χ2v) is 4.98. The highest BCUT2D eigenvalue weighted by molar-refractivity contribution is 6.12. The number of carbonyl (C=O) groups is 1. The van der Waals surface area contributed by atoms with E-state index in [1.54, 1.807) is 26.6 Å². The molecule has 0 aliphatic carbocycles. The van der Waals surface area contributed by atoms with Gasteiger partial charge in [-0.15, -0.1) is 0 Å². The molecule has 1 aliphatic heterocycles. The summed E-state index contributed by atoms with van der Waals surface area (Å²) < 4.78 is 12.2. The molecule has 0 unspecified atom stereocenters. The molecule has 2 aromatic rings. The predicted molar refractivity (Wildman–Crippen MR) is 82.1 cm³/mol. The van der Waals surface area contributed by atoms with Crippen molar-refractivity contribution in [3.8, 4) is 11.5 Å². The van der Waals surface area contributed by atoms with E-state index in [-0.39, 0.29) is 12.3 Å². The van der Waals surface area contributed by atoms with Crippen LogP contribution in [0.5, 0.6) is 11.5 Å². The van der Waals surface area contributed by atoms with Crippen LogP contribution in [0.4, 0.5) is 0 Å². The largest absolute Gasteiger partial charge is 0.493 e. The smallest absolute Gasteiger partial charge is 0.237 e. The van der Waals surface area contributed by atoms with Gasteiger partial charge in [0.05, 0.1) is 26.4 Å². The van der Waals surface area contributed by atoms with Gasteiger partial charge in [-0.25, -0.2) is 4.98 Å². The van der Waals surface area contributed by atoms with Gasteiger partial charge in [0.1, 0.15) is 6.33 Å². The number of rotatable bonds is 4. The summed E-state index contributed by atoms with van der Waals surface area (Å²) in [6.07, 6.45) is 5.79. The van der Waals surface area contributed by atoms with Gasteiger partial charge in [0.25, 0.3) is 0 Å². The first-order valence-electron chi connectivity index (χ1n) is 7.02. The summed E-state index contributed by atoms with van der Waals surface area (Å²) in [5.74, 6) is 1.29. The first-order valence-corrected chi connectivity index (χ1v) is 7.02. The van der Waals surface area contributed by atoms with Gasteiger partial charge in [-0.2, -0.15) is 0 Å². The van der Waals surface area contributed by atoms with Crippen LogP contribution in [0.1, 0.15) is 22.3 Å². The molecule has 1 aromatic heterocycles. The fraction of sp³-hybridized carbons (Fsp3) is 0.312. The highest BCUT2D eigenvalue weighted by Gasteiger charge is 2.20. The van der Waals surface area contributed by atoms with Crippen LogP contribution in [-0.4, -0.2) is 41.9 Å². The second-order valence-electron chi connectivity index (χ2n) is 4.98. The van der Waals surface area contributed by atoms with E-state index in [2.05, 4.69) is 9.98 Å². The van der Waals surface area contributed by atoms with E-state index in [4.69, 9.17) is 9.47 Å². The number of ether oxygens (including phenoxy) is 2. The number of carbonyl (C=O) groups excluding carboxylic acids is 1. The molecule has 0 atom stereocenters. The Morgan fingerprint density at radius 2 is 2.05 bits per heavy atom. The molecule has 3 rings (SSSR count). The Hall–Kier alpha value is -2.63. The van der Waals surface area contributed by atoms with Gasteiger partial charge in [0, 0.05) is 24.5 Å². The fourth-order valence-corrected chi connectivity index (χ4v) is 2.59. The lowest BCUT2D eigenvalue weighted by atomic mass is 9.95. The molecule has 1 aliphatic rings. The maximum Gasteiger partial charge on any atom is 0.237 e. The zero-order chi connectivity index (χ0) is 15.5. The predicted octanol–water partition coefficient (Wildman–Crippen LogP) is 1.98. The topological polar surface area (TPSA) is 65.7 Å². The number of hydrogen-bond acceptors (Lipinski definition) is 5. The minimum absolute atomic E-state index is 0.0566. The lowest BCUT2D eigenvalue weighted by Gasteiger charge is -2.19. The van der Waals surface area contributed by atoms with Crippen molar-refractivity contribution < 1.29 is 14.3 Å². The summed E-state index contributed by atoms with van der Waals surface area (Å²) in [5.41, 5.74) is 2.86. The molecule has 0 amide bonds. The standard InChI is InChI=1S/C16H17N3O3/c1-21-14-7-11-3-4-18-13(12(11)8-15(14)22-2)9-16(20)19-6-5-17-10-19/h5-8,10H,3-4,9H2,1-2H3. The molecule has 0 saturated carbocycles. The van der Waals surface area contributed by atoms with Crippen molar-refractivity contribution in [1.82, 2.24) is 9.55 Å². The number of nitrogens with zero attached hydrogens (tertiary/aromatic N) is 3. The fourth-order valence-electron chi connectivity index (χ4n) is 2.59. The van der Waals surface area contributed by atoms with E-state index < -0.39 is 0 Å². The summed E-state index contributed by atoms with van der Waals surface area (Å²) in [4.78, 5) is 20.7. The maximum absolute atomic E-state index is 12.2. The van der Waals surface area contributed by atoms with E-state index >= 15 is 0 Å². The third-order valence-electron chi connectivity index (χ3n) is 3.72. The normalized spacial score (nSPS) is 13.3. The highest BCUT2D eigenvalue weighted by Crippen LogP contribution is 2.33. The van der Waals surface area contributed by atoms with Crippen LogP contribution in [0.15, 0.2) is 35.8 Å². The molecule has 114 valence electrons. The van der Waals surface area contributed by atoms with Crippen LogP contribution in [0.3, 0.4) is 0 Å². The molecule has 0 spiro atoms. The van der Waals surface area contributed by atoms with Crippen molar-refractivity contribution in [1.29, 1.82) is 0 Å². The summed E-state index contributed by atoms with van der Waals surface area (Å²) >= 11 is 0. The Morgan fingerprint density at radius 3 is 2.73 bits per heavy atom. The van der Waals surface area contributed by atoms with Crippen LogP contribution in [0.25, 0.3) is 0 Å². The van der Waals surface area contributed by atoms with Gasteiger partial charge >= 0.3 is 0 Å². The van der Waals surface area contributed by atoms with Crippen molar-refractivity contribution in [3.63, 3.8) is 0 Å². The first-order chi connectivity index (χ1) is 10.7. The maximum atomic E-state index is 12.2. The van der Waals surface area contributed by atoms with Crippen LogP contribution in [0.2, 0.25) is 0 Å². The quantitative estimate of drug-likeness (QED) is 0.866. The van der Waals surface area contributed by atoms with Gasteiger partial charge in [-0.05, 0) is 24.1 Å². The molecule has 6 nitrogen and oxygen atoms in total. The number of aliphatic imine (C=N–C) groups is 1. The number of hydrogen-bond donors (Lipinski definition) is 0. The van der Waals surface area contributed by atoms with Crippen molar-refractivity contribution in [2.24, 2.45) is 4.99 Å². The molecule has 0 fully saturated rings. The van der Waals surface area contributed by atoms with E-state index in [9.17, 15) is 4.79 Å². The third kappa shape index (κ3) is 2.59. The SMILES string of the molecule is COc1cc2c(cc1OC)C(CC(=O)n1ccnc1)=NCC2. The van der Waals surface area contributed by atoms with E-state index in [0.717, 1.165) is 23.3 Å². The van der Waals surface area contributed by atoms with Crippen molar-refractivity contribution in [3.05, 3.63) is 42.0 Å². The molecule has 0 radical (unpaired) electrons. The van der Waals surface area contributed by atoms with Gasteiger partial charge in [0.15, 0.2) is 11.5 Å². The first kappa shape index (κ1) is 14.3. The summed E-state index contributed by atoms with van der Waals surface area (Å²) in [6.45, 7) is 0.676. The zero-order valence-electron chi connectivity index (χ0n) is 12.6. The van der Waals surface area contributed by atoms with E-state index in [1.807, 2.05) is 12.1 Å². The number of methoxy groups -OCH3 is 2. The lowest BCUT2D eigenvalue weighted by Crippen LogP contribution is -2.20. The molecule has 0 bridgehead atoms. The molecule has 22 heavy (non-hydrogen) atoms. The van der Waals surface area contributed by atoms with Gasteiger partial charge < -0.3 is 9.47 Å². The van der Waals surface area contributed by atoms with E-state index in [0.29, 0.717) is 18.0 Å². The number of aromatic nitrogens is 2. The van der Waals surface area contributed by atoms with Crippen LogP contribution >= 0.6 is 0 Å². The summed E-state index contributed by atoms with van der Waals surface area (Å²) in [5, 5.41) is 0. The summed E-state index contributed by atoms with van der Waals surface area (Å²) in [7, 11) is 3.21. The van der Waals surface area contributed by atoms with Crippen molar-refractivity contribution in [2.45, 2.75) is 12.8 Å². The highest BCUT2D eigenvalue weighted by atomic mass is 16.5. The Balaban J connectivity index is 1.92. The zero-order valence-corrected chi connectivity index (χ0v) is 12.6. The number of benzene rings is 1. The Bertz CT molecular complexity index is 720. The van der Waals surface area contributed by atoms with Gasteiger partial charge in [-0.1, -0.05) is 0 Å². The van der Waals surface area contributed by atoms with E-state index in [1.165, 1.54) is 10.9 Å². The average molecular weight is 299 g/mol.